The highest BCUT2D eigenvalue weighted by molar-refractivity contribution is 7.99. The van der Waals surface area contributed by atoms with Crippen molar-refractivity contribution in [3.63, 3.8) is 0 Å². The molecule has 4 rings (SSSR count). The van der Waals surface area contributed by atoms with Crippen LogP contribution in [0.25, 0.3) is 11.3 Å². The molecule has 0 unspecified atom stereocenters. The van der Waals surface area contributed by atoms with Crippen molar-refractivity contribution < 1.29 is 27.4 Å². The van der Waals surface area contributed by atoms with Gasteiger partial charge in [0.15, 0.2) is 16.7 Å². The van der Waals surface area contributed by atoms with E-state index in [9.17, 15) is 18.0 Å². The first-order valence-electron chi connectivity index (χ1n) is 9.49. The Morgan fingerprint density at radius 2 is 1.84 bits per heavy atom. The van der Waals surface area contributed by atoms with E-state index in [-0.39, 0.29) is 15.9 Å². The maximum absolute atomic E-state index is 13.2. The molecular formula is C21H17ClF3N3O3S. The van der Waals surface area contributed by atoms with Crippen LogP contribution in [0.3, 0.4) is 0 Å². The molecule has 0 saturated carbocycles. The van der Waals surface area contributed by atoms with Crippen LogP contribution < -0.4 is 14.8 Å². The third-order valence-corrected chi connectivity index (χ3v) is 5.77. The van der Waals surface area contributed by atoms with Crippen LogP contribution in [0, 0.1) is 0 Å². The third-order valence-electron chi connectivity index (χ3n) is 4.46. The number of carbonyl (C=O) groups excluding carboxylic acids is 1. The van der Waals surface area contributed by atoms with Gasteiger partial charge in [-0.1, -0.05) is 53.7 Å². The number of carbonyl (C=O) groups is 1. The molecule has 0 aliphatic carbocycles. The normalized spacial score (nSPS) is 13.1. The van der Waals surface area contributed by atoms with Gasteiger partial charge in [-0.25, -0.2) is 4.98 Å². The van der Waals surface area contributed by atoms with Gasteiger partial charge in [-0.3, -0.25) is 4.79 Å². The van der Waals surface area contributed by atoms with Crippen LogP contribution in [0.5, 0.6) is 11.5 Å². The highest BCUT2D eigenvalue weighted by Crippen LogP contribution is 2.38. The summed E-state index contributed by atoms with van der Waals surface area (Å²) >= 11 is 7.10. The summed E-state index contributed by atoms with van der Waals surface area (Å²) in [6, 6.07) is 11.7. The first-order chi connectivity index (χ1) is 15.3. The minimum Gasteiger partial charge on any atom is -0.486 e. The summed E-state index contributed by atoms with van der Waals surface area (Å²) in [5.74, 6) is 0.331. The molecule has 32 heavy (non-hydrogen) atoms. The molecule has 11 heteroatoms. The zero-order valence-corrected chi connectivity index (χ0v) is 18.1. The molecule has 1 aliphatic rings. The smallest absolute Gasteiger partial charge is 0.406 e. The zero-order chi connectivity index (χ0) is 22.7. The lowest BCUT2D eigenvalue weighted by Crippen LogP contribution is -2.20. The Hall–Kier alpha value is -2.85. The van der Waals surface area contributed by atoms with Gasteiger partial charge in [-0.05, 0) is 5.56 Å². The van der Waals surface area contributed by atoms with Gasteiger partial charge < -0.3 is 19.4 Å². The van der Waals surface area contributed by atoms with Crippen molar-refractivity contribution >= 4 is 35.0 Å². The number of imidazole rings is 1. The number of aromatic nitrogens is 2. The molecule has 0 atom stereocenters. The number of benzene rings is 2. The maximum Gasteiger partial charge on any atom is 0.406 e. The number of thioether (sulfide) groups is 1. The van der Waals surface area contributed by atoms with E-state index in [0.717, 1.165) is 16.3 Å². The Morgan fingerprint density at radius 3 is 2.53 bits per heavy atom. The molecule has 6 nitrogen and oxygen atoms in total. The van der Waals surface area contributed by atoms with Crippen molar-refractivity contribution in [3.8, 4) is 22.8 Å². The van der Waals surface area contributed by atoms with Gasteiger partial charge in [0.1, 0.15) is 19.8 Å². The number of halogens is 4. The number of anilines is 1. The molecule has 0 bridgehead atoms. The number of hydrogen-bond donors (Lipinski definition) is 1. The molecule has 168 valence electrons. The van der Waals surface area contributed by atoms with Gasteiger partial charge in [0.05, 0.1) is 28.4 Å². The molecule has 1 aliphatic heterocycles. The monoisotopic (exact) mass is 483 g/mol. The van der Waals surface area contributed by atoms with Crippen LogP contribution in [0.4, 0.5) is 18.9 Å². The lowest BCUT2D eigenvalue weighted by Gasteiger charge is -2.20. The van der Waals surface area contributed by atoms with Gasteiger partial charge in [0.25, 0.3) is 0 Å². The van der Waals surface area contributed by atoms with Gasteiger partial charge in [0, 0.05) is 12.1 Å². The van der Waals surface area contributed by atoms with E-state index in [2.05, 4.69) is 10.3 Å². The molecule has 0 fully saturated rings. The van der Waals surface area contributed by atoms with Crippen LogP contribution in [0.2, 0.25) is 5.02 Å². The number of fused-ring (bicyclic) bond motifs is 1. The van der Waals surface area contributed by atoms with Crippen LogP contribution in [0.1, 0.15) is 0 Å². The Kier molecular flexibility index (Phi) is 6.52. The molecule has 3 aromatic rings. The van der Waals surface area contributed by atoms with E-state index >= 15 is 0 Å². The topological polar surface area (TPSA) is 65.4 Å². The lowest BCUT2D eigenvalue weighted by molar-refractivity contribution is -0.141. The summed E-state index contributed by atoms with van der Waals surface area (Å²) in [5.41, 5.74) is 1.24. The third kappa shape index (κ3) is 5.31. The van der Waals surface area contributed by atoms with E-state index in [1.807, 2.05) is 0 Å². The summed E-state index contributed by atoms with van der Waals surface area (Å²) in [6.45, 7) is -0.431. The maximum atomic E-state index is 13.2. The first-order valence-corrected chi connectivity index (χ1v) is 10.9. The van der Waals surface area contributed by atoms with E-state index in [0.29, 0.717) is 41.7 Å². The van der Waals surface area contributed by atoms with Crippen molar-refractivity contribution in [1.29, 1.82) is 0 Å². The summed E-state index contributed by atoms with van der Waals surface area (Å²) in [4.78, 5) is 16.6. The second-order valence-electron chi connectivity index (χ2n) is 6.81. The van der Waals surface area contributed by atoms with Gasteiger partial charge >= 0.3 is 6.18 Å². The van der Waals surface area contributed by atoms with E-state index < -0.39 is 18.6 Å². The fourth-order valence-electron chi connectivity index (χ4n) is 3.12. The predicted octanol–water partition coefficient (Wildman–Crippen LogP) is 5.27. The van der Waals surface area contributed by atoms with Crippen LogP contribution in [-0.2, 0) is 11.3 Å². The number of nitrogens with zero attached hydrogens (tertiary/aromatic N) is 2. The average molecular weight is 484 g/mol. The molecule has 2 heterocycles. The Labute approximate surface area is 190 Å². The Balaban J connectivity index is 1.49. The van der Waals surface area contributed by atoms with Crippen molar-refractivity contribution in [1.82, 2.24) is 9.55 Å². The number of rotatable bonds is 6. The van der Waals surface area contributed by atoms with Gasteiger partial charge in [-0.15, -0.1) is 0 Å². The fraction of sp³-hybridized carbons (Fsp3) is 0.238. The molecule has 1 N–H and O–H groups in total. The molecule has 0 radical (unpaired) electrons. The van der Waals surface area contributed by atoms with Crippen molar-refractivity contribution in [3.05, 3.63) is 53.7 Å². The fourth-order valence-corrected chi connectivity index (χ4v) is 4.10. The number of ether oxygens (including phenoxy) is 2. The quantitative estimate of drug-likeness (QED) is 0.484. The second-order valence-corrected chi connectivity index (χ2v) is 8.16. The van der Waals surface area contributed by atoms with E-state index in [1.54, 1.807) is 42.5 Å². The number of amides is 1. The molecule has 0 saturated heterocycles. The molecule has 1 amide bonds. The van der Waals surface area contributed by atoms with Crippen LogP contribution >= 0.6 is 23.4 Å². The minimum atomic E-state index is -4.44. The highest BCUT2D eigenvalue weighted by Gasteiger charge is 2.31. The number of nitrogens with one attached hydrogen (secondary N) is 1. The molecule has 0 spiro atoms. The summed E-state index contributed by atoms with van der Waals surface area (Å²) in [6.07, 6.45) is -3.07. The molecular weight excluding hydrogens is 467 g/mol. The molecule has 1 aromatic heterocycles. The summed E-state index contributed by atoms with van der Waals surface area (Å²) in [5, 5.41) is 3.00. The van der Waals surface area contributed by atoms with Crippen LogP contribution in [-0.4, -0.2) is 40.6 Å². The minimum absolute atomic E-state index is 0.0876. The second kappa shape index (κ2) is 9.33. The standard InChI is InChI=1S/C21H17ClF3N3O3S/c22-14-8-17-18(31-7-6-30-17)9-15(14)27-19(29)11-32-20-26-10-16(13-4-2-1-3-5-13)28(20)12-21(23,24)25/h1-5,8-10H,6-7,11-12H2,(H,27,29). The average Bonchev–Trinajstić information content (AvgIpc) is 3.14. The van der Waals surface area contributed by atoms with Crippen molar-refractivity contribution in [2.45, 2.75) is 17.9 Å². The van der Waals surface area contributed by atoms with E-state index in [1.165, 1.54) is 6.20 Å². The first kappa shape index (κ1) is 22.3. The van der Waals surface area contributed by atoms with Gasteiger partial charge in [-0.2, -0.15) is 13.2 Å². The Bertz CT molecular complexity index is 1120. The Morgan fingerprint density at radius 1 is 1.16 bits per heavy atom. The van der Waals surface area contributed by atoms with Gasteiger partial charge in [0.2, 0.25) is 5.91 Å². The number of alkyl halides is 3. The molecule has 2 aromatic carbocycles. The predicted molar refractivity (Wildman–Crippen MR) is 116 cm³/mol. The zero-order valence-electron chi connectivity index (χ0n) is 16.5. The lowest BCUT2D eigenvalue weighted by atomic mass is 10.2. The van der Waals surface area contributed by atoms with Crippen LogP contribution in [0.15, 0.2) is 53.8 Å². The summed E-state index contributed by atoms with van der Waals surface area (Å²) < 4.78 is 51.5. The van der Waals surface area contributed by atoms with Crippen molar-refractivity contribution in [2.24, 2.45) is 0 Å². The van der Waals surface area contributed by atoms with Crippen molar-refractivity contribution in [2.75, 3.05) is 24.3 Å². The van der Waals surface area contributed by atoms with E-state index in [4.69, 9.17) is 21.1 Å². The summed E-state index contributed by atoms with van der Waals surface area (Å²) in [7, 11) is 0. The largest absolute Gasteiger partial charge is 0.486 e. The SMILES string of the molecule is O=C(CSc1ncc(-c2ccccc2)n1CC(F)(F)F)Nc1cc2c(cc1Cl)OCCO2. The highest BCUT2D eigenvalue weighted by atomic mass is 35.5. The number of hydrogen-bond acceptors (Lipinski definition) is 5.